The zero-order valence-electron chi connectivity index (χ0n) is 15.1. The van der Waals surface area contributed by atoms with E-state index in [0.29, 0.717) is 19.3 Å². The van der Waals surface area contributed by atoms with E-state index in [2.05, 4.69) is 54.7 Å². The standard InChI is InChI=1S/C18H29BrN4O2/c1-20-18(21-9-5-11-25-13-12-24-2)22-15-8-10-23(14-15)17-7-4-3-6-16(17)19/h3-4,6-7,15H,5,8-14H2,1-2H3,(H2,20,21,22). The van der Waals surface area contributed by atoms with E-state index in [0.717, 1.165) is 49.5 Å². The van der Waals surface area contributed by atoms with Gasteiger partial charge in [-0.3, -0.25) is 4.99 Å². The number of aliphatic imine (C=N–C) groups is 1. The van der Waals surface area contributed by atoms with Crippen molar-refractivity contribution in [2.24, 2.45) is 4.99 Å². The number of ether oxygens (including phenoxy) is 2. The molecule has 1 aromatic rings. The highest BCUT2D eigenvalue weighted by Crippen LogP contribution is 2.28. The molecule has 1 atom stereocenters. The van der Waals surface area contributed by atoms with Gasteiger partial charge in [0.15, 0.2) is 5.96 Å². The lowest BCUT2D eigenvalue weighted by Gasteiger charge is -2.21. The van der Waals surface area contributed by atoms with Gasteiger partial charge in [-0.15, -0.1) is 0 Å². The molecule has 1 saturated heterocycles. The summed E-state index contributed by atoms with van der Waals surface area (Å²) in [6, 6.07) is 8.77. The number of hydrogen-bond acceptors (Lipinski definition) is 4. The Morgan fingerprint density at radius 1 is 1.32 bits per heavy atom. The van der Waals surface area contributed by atoms with Crippen LogP contribution in [0.1, 0.15) is 12.8 Å². The quantitative estimate of drug-likeness (QED) is 0.370. The molecular formula is C18H29BrN4O2. The van der Waals surface area contributed by atoms with Crippen LogP contribution in [0, 0.1) is 0 Å². The number of nitrogens with zero attached hydrogens (tertiary/aromatic N) is 2. The zero-order valence-corrected chi connectivity index (χ0v) is 16.7. The monoisotopic (exact) mass is 412 g/mol. The van der Waals surface area contributed by atoms with Gasteiger partial charge in [0.25, 0.3) is 0 Å². The van der Waals surface area contributed by atoms with Crippen LogP contribution in [-0.4, -0.2) is 65.6 Å². The molecule has 6 nitrogen and oxygen atoms in total. The molecule has 0 aliphatic carbocycles. The maximum atomic E-state index is 5.46. The predicted molar refractivity (Wildman–Crippen MR) is 107 cm³/mol. The molecule has 1 aliphatic rings. The number of halogens is 1. The molecule has 0 bridgehead atoms. The van der Waals surface area contributed by atoms with Gasteiger partial charge in [0.05, 0.1) is 18.9 Å². The fourth-order valence-electron chi connectivity index (χ4n) is 2.82. The molecule has 1 fully saturated rings. The van der Waals surface area contributed by atoms with Crippen molar-refractivity contribution in [2.45, 2.75) is 18.9 Å². The molecule has 0 amide bonds. The van der Waals surface area contributed by atoms with Crippen LogP contribution in [0.4, 0.5) is 5.69 Å². The Labute approximate surface area is 159 Å². The SMILES string of the molecule is CN=C(NCCCOCCOC)NC1CCN(c2ccccc2Br)C1. The lowest BCUT2D eigenvalue weighted by molar-refractivity contribution is 0.0698. The lowest BCUT2D eigenvalue weighted by Crippen LogP contribution is -2.45. The summed E-state index contributed by atoms with van der Waals surface area (Å²) in [6.07, 6.45) is 2.04. The topological polar surface area (TPSA) is 58.1 Å². The van der Waals surface area contributed by atoms with E-state index >= 15 is 0 Å². The fourth-order valence-corrected chi connectivity index (χ4v) is 3.35. The molecule has 0 radical (unpaired) electrons. The van der Waals surface area contributed by atoms with Crippen LogP contribution < -0.4 is 15.5 Å². The van der Waals surface area contributed by atoms with Gasteiger partial charge >= 0.3 is 0 Å². The van der Waals surface area contributed by atoms with E-state index in [1.54, 1.807) is 7.11 Å². The van der Waals surface area contributed by atoms with Crippen molar-refractivity contribution in [3.05, 3.63) is 28.7 Å². The van der Waals surface area contributed by atoms with E-state index in [4.69, 9.17) is 9.47 Å². The highest BCUT2D eigenvalue weighted by molar-refractivity contribution is 9.10. The molecule has 0 spiro atoms. The van der Waals surface area contributed by atoms with Crippen molar-refractivity contribution >= 4 is 27.6 Å². The van der Waals surface area contributed by atoms with Gasteiger partial charge in [-0.05, 0) is 40.9 Å². The minimum absolute atomic E-state index is 0.399. The minimum Gasteiger partial charge on any atom is -0.382 e. The first-order chi connectivity index (χ1) is 12.2. The zero-order chi connectivity index (χ0) is 17.9. The molecule has 25 heavy (non-hydrogen) atoms. The van der Waals surface area contributed by atoms with E-state index in [1.807, 2.05) is 13.1 Å². The fraction of sp³-hybridized carbons (Fsp3) is 0.611. The summed E-state index contributed by atoms with van der Waals surface area (Å²) in [5.74, 6) is 0.857. The van der Waals surface area contributed by atoms with E-state index in [-0.39, 0.29) is 0 Å². The molecule has 1 heterocycles. The third-order valence-electron chi connectivity index (χ3n) is 4.14. The Balaban J connectivity index is 1.68. The summed E-state index contributed by atoms with van der Waals surface area (Å²) in [5, 5.41) is 6.87. The van der Waals surface area contributed by atoms with E-state index in [1.165, 1.54) is 5.69 Å². The molecule has 0 saturated carbocycles. The number of nitrogens with one attached hydrogen (secondary N) is 2. The summed E-state index contributed by atoms with van der Waals surface area (Å²) in [5.41, 5.74) is 1.25. The Hall–Kier alpha value is -1.31. The Bertz CT molecular complexity index is 542. The normalized spacial score (nSPS) is 17.8. The average molecular weight is 413 g/mol. The lowest BCUT2D eigenvalue weighted by atomic mass is 10.2. The minimum atomic E-state index is 0.399. The third-order valence-corrected chi connectivity index (χ3v) is 4.81. The van der Waals surface area contributed by atoms with Crippen LogP contribution in [0.15, 0.2) is 33.7 Å². The van der Waals surface area contributed by atoms with Crippen LogP contribution >= 0.6 is 15.9 Å². The van der Waals surface area contributed by atoms with Crippen molar-refractivity contribution in [1.82, 2.24) is 10.6 Å². The van der Waals surface area contributed by atoms with Crippen molar-refractivity contribution in [3.63, 3.8) is 0 Å². The second-order valence-electron chi connectivity index (χ2n) is 5.99. The summed E-state index contributed by atoms with van der Waals surface area (Å²) < 4.78 is 11.6. The summed E-state index contributed by atoms with van der Waals surface area (Å²) in [4.78, 5) is 6.72. The molecular weight excluding hydrogens is 384 g/mol. The molecule has 7 heteroatoms. The van der Waals surface area contributed by atoms with Crippen LogP contribution in [0.3, 0.4) is 0 Å². The summed E-state index contributed by atoms with van der Waals surface area (Å²) >= 11 is 3.64. The molecule has 2 rings (SSSR count). The van der Waals surface area contributed by atoms with Gasteiger partial charge in [-0.25, -0.2) is 0 Å². The van der Waals surface area contributed by atoms with Crippen LogP contribution in [0.2, 0.25) is 0 Å². The molecule has 0 aromatic heterocycles. The van der Waals surface area contributed by atoms with Crippen LogP contribution in [-0.2, 0) is 9.47 Å². The first-order valence-corrected chi connectivity index (χ1v) is 9.57. The number of guanidine groups is 1. The Morgan fingerprint density at radius 2 is 2.16 bits per heavy atom. The van der Waals surface area contributed by atoms with Gasteiger partial charge in [-0.1, -0.05) is 12.1 Å². The number of hydrogen-bond donors (Lipinski definition) is 2. The maximum absolute atomic E-state index is 5.46. The number of anilines is 1. The predicted octanol–water partition coefficient (Wildman–Crippen LogP) is 2.25. The molecule has 2 N–H and O–H groups in total. The molecule has 1 unspecified atom stereocenters. The largest absolute Gasteiger partial charge is 0.382 e. The van der Waals surface area contributed by atoms with Gasteiger partial charge in [-0.2, -0.15) is 0 Å². The Kier molecular flexibility index (Phi) is 9.07. The van der Waals surface area contributed by atoms with Crippen molar-refractivity contribution in [2.75, 3.05) is 58.5 Å². The number of methoxy groups -OCH3 is 1. The highest BCUT2D eigenvalue weighted by atomic mass is 79.9. The van der Waals surface area contributed by atoms with E-state index in [9.17, 15) is 0 Å². The van der Waals surface area contributed by atoms with Crippen molar-refractivity contribution < 1.29 is 9.47 Å². The summed E-state index contributed by atoms with van der Waals surface area (Å²) in [6.45, 7) is 4.89. The van der Waals surface area contributed by atoms with Gasteiger partial charge in [0.1, 0.15) is 0 Å². The van der Waals surface area contributed by atoms with Gasteiger partial charge in [0, 0.05) is 50.9 Å². The Morgan fingerprint density at radius 3 is 2.92 bits per heavy atom. The number of rotatable bonds is 9. The van der Waals surface area contributed by atoms with E-state index < -0.39 is 0 Å². The molecule has 1 aliphatic heterocycles. The van der Waals surface area contributed by atoms with Gasteiger partial charge in [0.2, 0.25) is 0 Å². The third kappa shape index (κ3) is 6.84. The smallest absolute Gasteiger partial charge is 0.191 e. The van der Waals surface area contributed by atoms with Crippen LogP contribution in [0.25, 0.3) is 0 Å². The molecule has 1 aromatic carbocycles. The first-order valence-electron chi connectivity index (χ1n) is 8.78. The number of para-hydroxylation sites is 1. The van der Waals surface area contributed by atoms with Crippen molar-refractivity contribution in [3.8, 4) is 0 Å². The van der Waals surface area contributed by atoms with Crippen LogP contribution in [0.5, 0.6) is 0 Å². The first kappa shape index (κ1) is 20.0. The second-order valence-corrected chi connectivity index (χ2v) is 6.84. The maximum Gasteiger partial charge on any atom is 0.191 e. The second kappa shape index (κ2) is 11.3. The molecule has 140 valence electrons. The summed E-state index contributed by atoms with van der Waals surface area (Å²) in [7, 11) is 3.49. The van der Waals surface area contributed by atoms with Gasteiger partial charge < -0.3 is 25.0 Å². The highest BCUT2D eigenvalue weighted by Gasteiger charge is 2.24. The number of benzene rings is 1. The van der Waals surface area contributed by atoms with Crippen molar-refractivity contribution in [1.29, 1.82) is 0 Å². The average Bonchev–Trinajstić information content (AvgIpc) is 3.08.